The molecule has 0 heterocycles. The molecule has 7 heteroatoms. The van der Waals surface area contributed by atoms with Gasteiger partial charge in [0.25, 0.3) is 0 Å². The number of likely N-dealkylation sites (N-methyl/N-ethyl adjacent to an activating group) is 2. The maximum atomic E-state index is 12.3. The summed E-state index contributed by atoms with van der Waals surface area (Å²) < 4.78 is 26.4. The highest BCUT2D eigenvalue weighted by Crippen LogP contribution is 2.26. The van der Waals surface area contributed by atoms with Crippen molar-refractivity contribution in [1.82, 2.24) is 9.21 Å². The number of nitrogens with zero attached hydrogens (tertiary/aromatic N) is 2. The zero-order valence-corrected chi connectivity index (χ0v) is 13.7. The molecule has 0 unspecified atom stereocenters. The molecule has 0 amide bonds. The van der Waals surface area contributed by atoms with E-state index in [0.717, 1.165) is 0 Å². The van der Waals surface area contributed by atoms with Gasteiger partial charge < -0.3 is 4.90 Å². The molecule has 0 atom stereocenters. The lowest BCUT2D eigenvalue weighted by Gasteiger charge is -2.19. The van der Waals surface area contributed by atoms with Gasteiger partial charge in [0.1, 0.15) is 0 Å². The van der Waals surface area contributed by atoms with Crippen LogP contribution in [0.25, 0.3) is 0 Å². The van der Waals surface area contributed by atoms with Crippen LogP contribution in [0.2, 0.25) is 5.02 Å². The summed E-state index contributed by atoms with van der Waals surface area (Å²) in [5, 5.41) is 0.491. The second kappa shape index (κ2) is 6.34. The van der Waals surface area contributed by atoms with Crippen LogP contribution in [0.4, 0.5) is 0 Å². The first kappa shape index (κ1) is 15.9. The van der Waals surface area contributed by atoms with Gasteiger partial charge in [-0.05, 0) is 48.2 Å². The quantitative estimate of drug-likeness (QED) is 0.813. The Bertz CT molecular complexity index is 520. The second-order valence-electron chi connectivity index (χ2n) is 4.21. The molecule has 0 saturated carbocycles. The van der Waals surface area contributed by atoms with Gasteiger partial charge in [0.05, 0.1) is 9.92 Å². The number of halogens is 2. The van der Waals surface area contributed by atoms with Gasteiger partial charge in [-0.25, -0.2) is 8.42 Å². The molecular formula is C11H16BrClN2O2S. The highest BCUT2D eigenvalue weighted by Gasteiger charge is 2.21. The third-order valence-electron chi connectivity index (χ3n) is 2.46. The van der Waals surface area contributed by atoms with Gasteiger partial charge in [-0.3, -0.25) is 0 Å². The van der Waals surface area contributed by atoms with Gasteiger partial charge in [0.15, 0.2) is 0 Å². The lowest BCUT2D eigenvalue weighted by Crippen LogP contribution is -2.33. The summed E-state index contributed by atoms with van der Waals surface area (Å²) in [6, 6.07) is 4.59. The smallest absolute Gasteiger partial charge is 0.242 e. The molecule has 18 heavy (non-hydrogen) atoms. The van der Waals surface area contributed by atoms with E-state index in [2.05, 4.69) is 15.9 Å². The molecule has 0 radical (unpaired) electrons. The number of rotatable bonds is 5. The first-order chi connectivity index (χ1) is 8.25. The van der Waals surface area contributed by atoms with E-state index in [0.29, 0.717) is 22.6 Å². The molecule has 0 aliphatic rings. The largest absolute Gasteiger partial charge is 0.308 e. The van der Waals surface area contributed by atoms with Crippen molar-refractivity contribution >= 4 is 37.6 Å². The summed E-state index contributed by atoms with van der Waals surface area (Å²) in [6.45, 7) is 1.11. The van der Waals surface area contributed by atoms with E-state index in [9.17, 15) is 8.42 Å². The highest BCUT2D eigenvalue weighted by atomic mass is 79.9. The molecule has 1 aromatic rings. The minimum atomic E-state index is -3.46. The molecule has 0 bridgehead atoms. The monoisotopic (exact) mass is 354 g/mol. The van der Waals surface area contributed by atoms with Crippen molar-refractivity contribution in [1.29, 1.82) is 0 Å². The average Bonchev–Trinajstić information content (AvgIpc) is 2.29. The number of benzene rings is 1. The topological polar surface area (TPSA) is 40.6 Å². The van der Waals surface area contributed by atoms with Gasteiger partial charge in [0, 0.05) is 24.6 Å². The molecular weight excluding hydrogens is 340 g/mol. The minimum absolute atomic E-state index is 0.236. The molecule has 0 fully saturated rings. The van der Waals surface area contributed by atoms with Crippen molar-refractivity contribution in [3.63, 3.8) is 0 Å². The summed E-state index contributed by atoms with van der Waals surface area (Å²) in [4.78, 5) is 2.17. The fraction of sp³-hybridized carbons (Fsp3) is 0.455. The van der Waals surface area contributed by atoms with Crippen molar-refractivity contribution in [2.24, 2.45) is 0 Å². The lowest BCUT2D eigenvalue weighted by atomic mass is 10.4. The van der Waals surface area contributed by atoms with Crippen molar-refractivity contribution in [3.05, 3.63) is 27.7 Å². The van der Waals surface area contributed by atoms with Crippen molar-refractivity contribution in [2.75, 3.05) is 34.2 Å². The minimum Gasteiger partial charge on any atom is -0.308 e. The fourth-order valence-electron chi connectivity index (χ4n) is 1.28. The highest BCUT2D eigenvalue weighted by molar-refractivity contribution is 9.10. The molecule has 0 aliphatic carbocycles. The first-order valence-electron chi connectivity index (χ1n) is 5.31. The molecule has 1 rings (SSSR count). The van der Waals surface area contributed by atoms with Crippen LogP contribution in [-0.4, -0.2) is 51.9 Å². The first-order valence-corrected chi connectivity index (χ1v) is 7.92. The Balaban J connectivity index is 2.95. The molecule has 0 spiro atoms. The summed E-state index contributed by atoms with van der Waals surface area (Å²) in [5.74, 6) is 0. The van der Waals surface area contributed by atoms with E-state index in [1.165, 1.54) is 16.4 Å². The van der Waals surface area contributed by atoms with Crippen molar-refractivity contribution in [2.45, 2.75) is 4.90 Å². The molecule has 0 aliphatic heterocycles. The third-order valence-corrected chi connectivity index (χ3v) is 5.53. The van der Waals surface area contributed by atoms with E-state index in [-0.39, 0.29) is 4.90 Å². The molecule has 4 nitrogen and oxygen atoms in total. The lowest BCUT2D eigenvalue weighted by molar-refractivity contribution is 0.358. The van der Waals surface area contributed by atoms with Crippen LogP contribution in [0.3, 0.4) is 0 Å². The molecule has 1 aromatic carbocycles. The normalized spacial score (nSPS) is 12.4. The van der Waals surface area contributed by atoms with Gasteiger partial charge in [-0.1, -0.05) is 11.6 Å². The van der Waals surface area contributed by atoms with Crippen LogP contribution < -0.4 is 0 Å². The SMILES string of the molecule is CN(C)CCN(C)S(=O)(=O)c1ccc(Cl)c(Br)c1. The third kappa shape index (κ3) is 3.93. The summed E-state index contributed by atoms with van der Waals surface area (Å²) in [5.41, 5.74) is 0. The van der Waals surface area contributed by atoms with E-state index in [1.54, 1.807) is 13.1 Å². The summed E-state index contributed by atoms with van der Waals surface area (Å²) in [6.07, 6.45) is 0. The van der Waals surface area contributed by atoms with E-state index < -0.39 is 10.0 Å². The van der Waals surface area contributed by atoms with Crippen LogP contribution >= 0.6 is 27.5 Å². The maximum Gasteiger partial charge on any atom is 0.242 e. The molecule has 0 saturated heterocycles. The Labute approximate surface area is 122 Å². The Morgan fingerprint density at radius 2 is 1.83 bits per heavy atom. The number of sulfonamides is 1. The van der Waals surface area contributed by atoms with E-state index >= 15 is 0 Å². The van der Waals surface area contributed by atoms with Crippen LogP contribution in [0, 0.1) is 0 Å². The average molecular weight is 356 g/mol. The predicted molar refractivity (Wildman–Crippen MR) is 77.5 cm³/mol. The summed E-state index contributed by atoms with van der Waals surface area (Å²) >= 11 is 9.08. The van der Waals surface area contributed by atoms with Crippen molar-refractivity contribution < 1.29 is 8.42 Å². The van der Waals surface area contributed by atoms with Crippen LogP contribution in [0.5, 0.6) is 0 Å². The summed E-state index contributed by atoms with van der Waals surface area (Å²) in [7, 11) is 1.92. The van der Waals surface area contributed by atoms with E-state index in [4.69, 9.17) is 11.6 Å². The molecule has 102 valence electrons. The standard InChI is InChI=1S/C11H16BrClN2O2S/c1-14(2)6-7-15(3)18(16,17)9-4-5-11(13)10(12)8-9/h4-5,8H,6-7H2,1-3H3. The van der Waals surface area contributed by atoms with Crippen LogP contribution in [0.15, 0.2) is 27.6 Å². The molecule has 0 aromatic heterocycles. The zero-order chi connectivity index (χ0) is 13.9. The van der Waals surface area contributed by atoms with E-state index in [1.807, 2.05) is 19.0 Å². The second-order valence-corrected chi connectivity index (χ2v) is 7.51. The predicted octanol–water partition coefficient (Wildman–Crippen LogP) is 2.28. The Morgan fingerprint density at radius 1 is 1.22 bits per heavy atom. The van der Waals surface area contributed by atoms with Gasteiger partial charge >= 0.3 is 0 Å². The van der Waals surface area contributed by atoms with Crippen LogP contribution in [0.1, 0.15) is 0 Å². The van der Waals surface area contributed by atoms with Crippen molar-refractivity contribution in [3.8, 4) is 0 Å². The molecule has 0 N–H and O–H groups in total. The van der Waals surface area contributed by atoms with Crippen LogP contribution in [-0.2, 0) is 10.0 Å². The number of hydrogen-bond donors (Lipinski definition) is 0. The maximum absolute atomic E-state index is 12.3. The fourth-order valence-corrected chi connectivity index (χ4v) is 3.11. The zero-order valence-electron chi connectivity index (χ0n) is 10.5. The Kier molecular flexibility index (Phi) is 5.61. The Morgan fingerprint density at radius 3 is 2.33 bits per heavy atom. The van der Waals surface area contributed by atoms with Gasteiger partial charge in [-0.15, -0.1) is 0 Å². The number of hydrogen-bond acceptors (Lipinski definition) is 3. The van der Waals surface area contributed by atoms with Gasteiger partial charge in [-0.2, -0.15) is 4.31 Å². The Hall–Kier alpha value is -0.140. The van der Waals surface area contributed by atoms with Gasteiger partial charge in [0.2, 0.25) is 10.0 Å².